The molecule has 1 rings (SSSR count). The molecule has 0 amide bonds. The van der Waals surface area contributed by atoms with E-state index in [4.69, 9.17) is 4.74 Å². The van der Waals surface area contributed by atoms with Crippen molar-refractivity contribution in [3.05, 3.63) is 0 Å². The van der Waals surface area contributed by atoms with Gasteiger partial charge in [-0.15, -0.1) is 0 Å². The van der Waals surface area contributed by atoms with Crippen LogP contribution in [-0.2, 0) is 4.74 Å². The molecule has 1 atom stereocenters. The van der Waals surface area contributed by atoms with Gasteiger partial charge in [-0.3, -0.25) is 0 Å². The lowest BCUT2D eigenvalue weighted by Gasteiger charge is -2.44. The second kappa shape index (κ2) is 4.24. The third kappa shape index (κ3) is 2.20. The van der Waals surface area contributed by atoms with Crippen LogP contribution in [0.1, 0.15) is 20.8 Å². The van der Waals surface area contributed by atoms with Crippen LogP contribution in [0.2, 0.25) is 0 Å². The molecule has 1 saturated heterocycles. The topological polar surface area (TPSA) is 12.5 Å². The lowest BCUT2D eigenvalue weighted by Crippen LogP contribution is -2.53. The molecular formula is C10H21NO. The molecule has 1 fully saturated rings. The van der Waals surface area contributed by atoms with Crippen LogP contribution >= 0.6 is 0 Å². The Hall–Kier alpha value is -0.0800. The summed E-state index contributed by atoms with van der Waals surface area (Å²) in [5.74, 6) is 1.59. The van der Waals surface area contributed by atoms with Crippen molar-refractivity contribution in [3.63, 3.8) is 0 Å². The van der Waals surface area contributed by atoms with Gasteiger partial charge in [-0.05, 0) is 25.7 Å². The Balaban J connectivity index is 2.16. The van der Waals surface area contributed by atoms with Crippen molar-refractivity contribution in [2.24, 2.45) is 11.8 Å². The first-order chi connectivity index (χ1) is 5.65. The smallest absolute Gasteiger partial charge is 0.0491 e. The quantitative estimate of drug-likeness (QED) is 0.637. The number of hydrogen-bond donors (Lipinski definition) is 0. The van der Waals surface area contributed by atoms with Gasteiger partial charge in [0.1, 0.15) is 0 Å². The third-order valence-electron chi connectivity index (χ3n) is 2.90. The predicted molar refractivity (Wildman–Crippen MR) is 51.2 cm³/mol. The normalized spacial score (nSPS) is 22.8. The van der Waals surface area contributed by atoms with E-state index in [1.54, 1.807) is 7.11 Å². The Morgan fingerprint density at radius 1 is 1.33 bits per heavy atom. The van der Waals surface area contributed by atoms with E-state index >= 15 is 0 Å². The van der Waals surface area contributed by atoms with Crippen molar-refractivity contribution >= 4 is 0 Å². The highest BCUT2D eigenvalue weighted by atomic mass is 16.5. The first-order valence-electron chi connectivity index (χ1n) is 4.88. The van der Waals surface area contributed by atoms with Crippen molar-refractivity contribution in [2.75, 3.05) is 26.8 Å². The van der Waals surface area contributed by atoms with Gasteiger partial charge in [-0.1, -0.05) is 6.92 Å². The largest absolute Gasteiger partial charge is 0.384 e. The second-order valence-corrected chi connectivity index (χ2v) is 4.24. The predicted octanol–water partition coefficient (Wildman–Crippen LogP) is 1.61. The summed E-state index contributed by atoms with van der Waals surface area (Å²) in [6.07, 6.45) is 0. The Kier molecular flexibility index (Phi) is 3.53. The number of nitrogens with zero attached hydrogens (tertiary/aromatic N) is 1. The number of rotatable bonds is 4. The zero-order chi connectivity index (χ0) is 9.14. The van der Waals surface area contributed by atoms with Crippen LogP contribution < -0.4 is 0 Å². The van der Waals surface area contributed by atoms with Gasteiger partial charge in [0.25, 0.3) is 0 Å². The van der Waals surface area contributed by atoms with Gasteiger partial charge in [-0.25, -0.2) is 0 Å². The van der Waals surface area contributed by atoms with E-state index in [1.165, 1.54) is 13.1 Å². The first kappa shape index (κ1) is 10.0. The number of methoxy groups -OCH3 is 1. The third-order valence-corrected chi connectivity index (χ3v) is 2.90. The minimum absolute atomic E-state index is 0.719. The fourth-order valence-electron chi connectivity index (χ4n) is 1.73. The van der Waals surface area contributed by atoms with Gasteiger partial charge < -0.3 is 9.64 Å². The molecule has 1 aliphatic heterocycles. The molecule has 2 nitrogen and oxygen atoms in total. The monoisotopic (exact) mass is 171 g/mol. The highest BCUT2D eigenvalue weighted by Crippen LogP contribution is 2.25. The van der Waals surface area contributed by atoms with Gasteiger partial charge in [0.2, 0.25) is 0 Å². The first-order valence-corrected chi connectivity index (χ1v) is 4.88. The maximum Gasteiger partial charge on any atom is 0.0491 e. The van der Waals surface area contributed by atoms with E-state index in [1.807, 2.05) is 0 Å². The number of likely N-dealkylation sites (tertiary alicyclic amines) is 1. The molecule has 1 unspecified atom stereocenters. The average Bonchev–Trinajstić information content (AvgIpc) is 1.82. The fraction of sp³-hybridized carbons (Fsp3) is 1.00. The molecule has 0 aromatic heterocycles. The van der Waals surface area contributed by atoms with Gasteiger partial charge in [0.15, 0.2) is 0 Å². The van der Waals surface area contributed by atoms with E-state index in [0.717, 1.165) is 24.5 Å². The van der Waals surface area contributed by atoms with Gasteiger partial charge in [-0.2, -0.15) is 0 Å². The van der Waals surface area contributed by atoms with Gasteiger partial charge in [0.05, 0.1) is 0 Å². The molecule has 12 heavy (non-hydrogen) atoms. The summed E-state index contributed by atoms with van der Waals surface area (Å²) in [4.78, 5) is 2.51. The van der Waals surface area contributed by atoms with E-state index < -0.39 is 0 Å². The Labute approximate surface area is 75.9 Å². The summed E-state index contributed by atoms with van der Waals surface area (Å²) in [5.41, 5.74) is 0. The Bertz CT molecular complexity index is 130. The minimum Gasteiger partial charge on any atom is -0.384 e. The van der Waals surface area contributed by atoms with Crippen LogP contribution in [0.15, 0.2) is 0 Å². The summed E-state index contributed by atoms with van der Waals surface area (Å²) in [7, 11) is 1.79. The van der Waals surface area contributed by atoms with E-state index in [0.29, 0.717) is 0 Å². The Morgan fingerprint density at radius 3 is 2.33 bits per heavy atom. The summed E-state index contributed by atoms with van der Waals surface area (Å²) >= 11 is 0. The van der Waals surface area contributed by atoms with Gasteiger partial charge >= 0.3 is 0 Å². The summed E-state index contributed by atoms with van der Waals surface area (Å²) in [6.45, 7) is 10.3. The van der Waals surface area contributed by atoms with Crippen LogP contribution in [0, 0.1) is 11.8 Å². The summed E-state index contributed by atoms with van der Waals surface area (Å²) < 4.78 is 5.14. The van der Waals surface area contributed by atoms with Crippen molar-refractivity contribution in [1.82, 2.24) is 4.90 Å². The maximum atomic E-state index is 5.14. The van der Waals surface area contributed by atoms with Crippen molar-refractivity contribution in [2.45, 2.75) is 26.8 Å². The highest BCUT2D eigenvalue weighted by molar-refractivity contribution is 4.84. The highest BCUT2D eigenvalue weighted by Gasteiger charge is 2.31. The Morgan fingerprint density at radius 2 is 1.92 bits per heavy atom. The van der Waals surface area contributed by atoms with Crippen molar-refractivity contribution in [3.8, 4) is 0 Å². The van der Waals surface area contributed by atoms with E-state index in [-0.39, 0.29) is 0 Å². The molecule has 0 aliphatic carbocycles. The van der Waals surface area contributed by atoms with Crippen LogP contribution in [0.3, 0.4) is 0 Å². The molecule has 1 heterocycles. The molecule has 0 aromatic carbocycles. The number of hydrogen-bond acceptors (Lipinski definition) is 2. The molecule has 0 bridgehead atoms. The molecule has 0 saturated carbocycles. The molecule has 0 aromatic rings. The molecule has 1 aliphatic rings. The molecule has 2 heteroatoms. The zero-order valence-electron chi connectivity index (χ0n) is 8.71. The standard InChI is InChI=1S/C10H21NO/c1-8(2)11-5-10(6-11)9(3)7-12-4/h8-10H,5-7H2,1-4H3. The lowest BCUT2D eigenvalue weighted by atomic mass is 9.87. The zero-order valence-corrected chi connectivity index (χ0v) is 8.71. The van der Waals surface area contributed by atoms with Crippen LogP contribution in [-0.4, -0.2) is 37.7 Å². The van der Waals surface area contributed by atoms with Crippen molar-refractivity contribution < 1.29 is 4.74 Å². The van der Waals surface area contributed by atoms with E-state index in [2.05, 4.69) is 25.7 Å². The van der Waals surface area contributed by atoms with Gasteiger partial charge in [0, 0.05) is 32.8 Å². The fourth-order valence-corrected chi connectivity index (χ4v) is 1.73. The minimum atomic E-state index is 0.719. The van der Waals surface area contributed by atoms with Crippen LogP contribution in [0.4, 0.5) is 0 Å². The molecule has 0 spiro atoms. The summed E-state index contributed by atoms with van der Waals surface area (Å²) in [5, 5.41) is 0. The second-order valence-electron chi connectivity index (χ2n) is 4.24. The van der Waals surface area contributed by atoms with Crippen LogP contribution in [0.5, 0.6) is 0 Å². The molecule has 0 N–H and O–H groups in total. The molecule has 0 radical (unpaired) electrons. The SMILES string of the molecule is COCC(C)C1CN(C(C)C)C1. The summed E-state index contributed by atoms with van der Waals surface area (Å²) in [6, 6.07) is 0.719. The van der Waals surface area contributed by atoms with E-state index in [9.17, 15) is 0 Å². The van der Waals surface area contributed by atoms with Crippen molar-refractivity contribution in [1.29, 1.82) is 0 Å². The molecular weight excluding hydrogens is 150 g/mol. The lowest BCUT2D eigenvalue weighted by molar-refractivity contribution is 0.00962. The van der Waals surface area contributed by atoms with Crippen LogP contribution in [0.25, 0.3) is 0 Å². The maximum absolute atomic E-state index is 5.14. The molecule has 72 valence electrons. The number of ether oxygens (including phenoxy) is 1. The average molecular weight is 171 g/mol.